The van der Waals surface area contributed by atoms with Gasteiger partial charge in [0, 0.05) is 12.1 Å². The zero-order chi connectivity index (χ0) is 18.1. The van der Waals surface area contributed by atoms with Gasteiger partial charge in [-0.1, -0.05) is 43.7 Å². The van der Waals surface area contributed by atoms with E-state index in [-0.39, 0.29) is 23.6 Å². The number of hydrogen-bond acceptors (Lipinski definition) is 4. The first kappa shape index (κ1) is 17.6. The van der Waals surface area contributed by atoms with E-state index in [4.69, 9.17) is 0 Å². The first-order chi connectivity index (χ1) is 12.6. The van der Waals surface area contributed by atoms with Gasteiger partial charge in [-0.2, -0.15) is 0 Å². The van der Waals surface area contributed by atoms with Crippen LogP contribution in [0.25, 0.3) is 10.9 Å². The number of thioether (sulfide) groups is 1. The number of rotatable bonds is 5. The van der Waals surface area contributed by atoms with E-state index >= 15 is 0 Å². The van der Waals surface area contributed by atoms with Crippen molar-refractivity contribution in [2.75, 3.05) is 5.75 Å². The predicted octanol–water partition coefficient (Wildman–Crippen LogP) is 3.52. The molecule has 0 saturated heterocycles. The second-order valence-corrected chi connectivity index (χ2v) is 8.48. The minimum atomic E-state index is 0.0157. The van der Waals surface area contributed by atoms with Crippen LogP contribution in [0.3, 0.4) is 0 Å². The van der Waals surface area contributed by atoms with Crippen LogP contribution >= 0.6 is 11.8 Å². The van der Waals surface area contributed by atoms with Gasteiger partial charge in [-0.3, -0.25) is 14.2 Å². The van der Waals surface area contributed by atoms with Crippen molar-refractivity contribution in [2.45, 2.75) is 62.7 Å². The third kappa shape index (κ3) is 3.65. The van der Waals surface area contributed by atoms with Crippen molar-refractivity contribution >= 4 is 28.6 Å². The molecule has 2 fully saturated rings. The molecule has 0 spiro atoms. The topological polar surface area (TPSA) is 64.0 Å². The average molecular weight is 372 g/mol. The van der Waals surface area contributed by atoms with Gasteiger partial charge in [-0.15, -0.1) is 0 Å². The molecule has 6 heteroatoms. The maximum Gasteiger partial charge on any atom is 0.262 e. The maximum absolute atomic E-state index is 12.8. The van der Waals surface area contributed by atoms with E-state index in [1.807, 2.05) is 24.3 Å². The molecular formula is C20H25N3O2S. The third-order valence-electron chi connectivity index (χ3n) is 5.48. The third-order valence-corrected chi connectivity index (χ3v) is 6.43. The number of para-hydroxylation sites is 1. The molecule has 1 N–H and O–H groups in total. The second-order valence-electron chi connectivity index (χ2n) is 7.54. The number of hydrogen-bond donors (Lipinski definition) is 1. The Morgan fingerprint density at radius 2 is 2.00 bits per heavy atom. The van der Waals surface area contributed by atoms with Crippen LogP contribution in [0.2, 0.25) is 0 Å². The Labute approximate surface area is 157 Å². The first-order valence-corrected chi connectivity index (χ1v) is 10.6. The Hall–Kier alpha value is -1.82. The fourth-order valence-corrected chi connectivity index (χ4v) is 4.67. The Kier molecular flexibility index (Phi) is 5.02. The van der Waals surface area contributed by atoms with Crippen LogP contribution in [0.5, 0.6) is 0 Å². The summed E-state index contributed by atoms with van der Waals surface area (Å²) in [5.74, 6) is 0.889. The summed E-state index contributed by atoms with van der Waals surface area (Å²) in [5, 5.41) is 4.51. The fraction of sp³-hybridized carbons (Fsp3) is 0.550. The van der Waals surface area contributed by atoms with E-state index in [9.17, 15) is 9.59 Å². The fourth-order valence-electron chi connectivity index (χ4n) is 3.79. The van der Waals surface area contributed by atoms with E-state index in [0.29, 0.717) is 27.7 Å². The van der Waals surface area contributed by atoms with Gasteiger partial charge in [-0.25, -0.2) is 4.98 Å². The highest BCUT2D eigenvalue weighted by Gasteiger charge is 2.29. The Morgan fingerprint density at radius 1 is 1.23 bits per heavy atom. The van der Waals surface area contributed by atoms with Gasteiger partial charge in [0.25, 0.3) is 5.56 Å². The minimum Gasteiger partial charge on any atom is -0.352 e. The molecule has 5 nitrogen and oxygen atoms in total. The molecule has 2 aliphatic rings. The zero-order valence-corrected chi connectivity index (χ0v) is 15.9. The summed E-state index contributed by atoms with van der Waals surface area (Å²) in [7, 11) is 0. The van der Waals surface area contributed by atoms with E-state index in [2.05, 4.69) is 17.2 Å². The predicted molar refractivity (Wildman–Crippen MR) is 105 cm³/mol. The number of amides is 1. The Morgan fingerprint density at radius 3 is 2.77 bits per heavy atom. The number of carbonyl (C=O) groups excluding carboxylic acids is 1. The summed E-state index contributed by atoms with van der Waals surface area (Å²) < 4.78 is 1.80. The van der Waals surface area contributed by atoms with Gasteiger partial charge in [0.15, 0.2) is 5.16 Å². The zero-order valence-electron chi connectivity index (χ0n) is 15.1. The summed E-state index contributed by atoms with van der Waals surface area (Å²) in [6.07, 6.45) is 6.73. The van der Waals surface area contributed by atoms with Gasteiger partial charge in [0.2, 0.25) is 5.91 Å². The number of fused-ring (bicyclic) bond motifs is 1. The second kappa shape index (κ2) is 7.43. The van der Waals surface area contributed by atoms with Crippen LogP contribution < -0.4 is 10.9 Å². The average Bonchev–Trinajstić information content (AvgIpc) is 3.47. The SMILES string of the molecule is C[C@@H]1CCCC[C@H]1NC(=O)CSc1nc2ccccc2c(=O)n1C1CC1. The molecule has 0 unspecified atom stereocenters. The van der Waals surface area contributed by atoms with Crippen LogP contribution in [-0.4, -0.2) is 27.3 Å². The number of aromatic nitrogens is 2. The van der Waals surface area contributed by atoms with E-state index < -0.39 is 0 Å². The van der Waals surface area contributed by atoms with Crippen LogP contribution in [0.4, 0.5) is 0 Å². The molecule has 1 aromatic carbocycles. The van der Waals surface area contributed by atoms with Gasteiger partial charge in [0.05, 0.1) is 16.7 Å². The van der Waals surface area contributed by atoms with E-state index in [0.717, 1.165) is 19.3 Å². The van der Waals surface area contributed by atoms with E-state index in [1.54, 1.807) is 4.57 Å². The number of nitrogens with one attached hydrogen (secondary N) is 1. The van der Waals surface area contributed by atoms with Crippen LogP contribution in [-0.2, 0) is 4.79 Å². The highest BCUT2D eigenvalue weighted by atomic mass is 32.2. The van der Waals surface area contributed by atoms with Crippen LogP contribution in [0.1, 0.15) is 51.5 Å². The summed E-state index contributed by atoms with van der Waals surface area (Å²) in [4.78, 5) is 29.9. The van der Waals surface area contributed by atoms with Crippen molar-refractivity contribution in [3.05, 3.63) is 34.6 Å². The largest absolute Gasteiger partial charge is 0.352 e. The molecule has 2 aliphatic carbocycles. The maximum atomic E-state index is 12.8. The Balaban J connectivity index is 1.50. The normalized spacial score (nSPS) is 23.1. The minimum absolute atomic E-state index is 0.0157. The molecule has 138 valence electrons. The number of nitrogens with zero attached hydrogens (tertiary/aromatic N) is 2. The molecular weight excluding hydrogens is 346 g/mol. The summed E-state index contributed by atoms with van der Waals surface area (Å²) in [5.41, 5.74) is 0.722. The number of carbonyl (C=O) groups is 1. The molecule has 0 radical (unpaired) electrons. The molecule has 1 aromatic heterocycles. The molecule has 4 rings (SSSR count). The lowest BCUT2D eigenvalue weighted by Crippen LogP contribution is -2.41. The quantitative estimate of drug-likeness (QED) is 0.645. The summed E-state index contributed by atoms with van der Waals surface area (Å²) >= 11 is 1.38. The van der Waals surface area contributed by atoms with Crippen molar-refractivity contribution in [2.24, 2.45) is 5.92 Å². The molecule has 1 heterocycles. The molecule has 26 heavy (non-hydrogen) atoms. The van der Waals surface area contributed by atoms with Gasteiger partial charge >= 0.3 is 0 Å². The lowest BCUT2D eigenvalue weighted by molar-refractivity contribution is -0.119. The lowest BCUT2D eigenvalue weighted by Gasteiger charge is -2.29. The molecule has 0 bridgehead atoms. The summed E-state index contributed by atoms with van der Waals surface area (Å²) in [6.45, 7) is 2.22. The van der Waals surface area contributed by atoms with Crippen molar-refractivity contribution in [1.29, 1.82) is 0 Å². The van der Waals surface area contributed by atoms with Gasteiger partial charge < -0.3 is 5.32 Å². The van der Waals surface area contributed by atoms with Crippen molar-refractivity contribution in [1.82, 2.24) is 14.9 Å². The van der Waals surface area contributed by atoms with Gasteiger partial charge in [-0.05, 0) is 43.7 Å². The first-order valence-electron chi connectivity index (χ1n) is 9.57. The van der Waals surface area contributed by atoms with Crippen LogP contribution in [0, 0.1) is 5.92 Å². The van der Waals surface area contributed by atoms with Crippen LogP contribution in [0.15, 0.2) is 34.2 Å². The summed E-state index contributed by atoms with van der Waals surface area (Å²) in [6, 6.07) is 7.98. The molecule has 2 saturated carbocycles. The highest BCUT2D eigenvalue weighted by Crippen LogP contribution is 2.36. The highest BCUT2D eigenvalue weighted by molar-refractivity contribution is 7.99. The molecule has 2 aromatic rings. The molecule has 0 aliphatic heterocycles. The monoisotopic (exact) mass is 371 g/mol. The Bertz CT molecular complexity index is 875. The molecule has 2 atom stereocenters. The van der Waals surface area contributed by atoms with Crippen molar-refractivity contribution in [3.8, 4) is 0 Å². The van der Waals surface area contributed by atoms with Crippen molar-refractivity contribution in [3.63, 3.8) is 0 Å². The van der Waals surface area contributed by atoms with Crippen molar-refractivity contribution < 1.29 is 4.79 Å². The molecule has 1 amide bonds. The number of benzene rings is 1. The van der Waals surface area contributed by atoms with E-state index in [1.165, 1.54) is 31.0 Å². The smallest absolute Gasteiger partial charge is 0.262 e. The lowest BCUT2D eigenvalue weighted by atomic mass is 9.86. The van der Waals surface area contributed by atoms with Gasteiger partial charge in [0.1, 0.15) is 0 Å². The standard InChI is InChI=1S/C20H25N3O2S/c1-13-6-2-4-8-16(13)21-18(24)12-26-20-22-17-9-5-3-7-15(17)19(25)23(20)14-10-11-14/h3,5,7,9,13-14,16H,2,4,6,8,10-12H2,1H3,(H,21,24)/t13-,16-/m1/s1.